The van der Waals surface area contributed by atoms with Gasteiger partial charge < -0.3 is 74.6 Å². The summed E-state index contributed by atoms with van der Waals surface area (Å²) in [5, 5.41) is 49.6. The topological polar surface area (TPSA) is 491 Å². The Morgan fingerprint density at radius 1 is 0.534 bits per heavy atom. The summed E-state index contributed by atoms with van der Waals surface area (Å²) in [7, 11) is 0. The van der Waals surface area contributed by atoms with Crippen LogP contribution in [-0.2, 0) is 47.9 Å². The number of benzene rings is 2. The van der Waals surface area contributed by atoms with Crippen LogP contribution in [0.2, 0.25) is 0 Å². The van der Waals surface area contributed by atoms with Crippen molar-refractivity contribution in [3.8, 4) is 0 Å². The number of amides is 6. The molecule has 0 radical (unpaired) electrons. The number of halogens is 15. The molecule has 0 spiro atoms. The summed E-state index contributed by atoms with van der Waals surface area (Å²) in [6.07, 6.45) is -18.3. The Hall–Kier alpha value is -9.86. The second kappa shape index (κ2) is 44.5. The number of piperidine rings is 1. The summed E-state index contributed by atoms with van der Waals surface area (Å²) in [5.74, 6) is -15.7. The van der Waals surface area contributed by atoms with Crippen LogP contribution in [0.15, 0.2) is 58.5 Å². The van der Waals surface area contributed by atoms with Gasteiger partial charge >= 0.3 is 60.7 Å². The number of alkyl halides is 15. The van der Waals surface area contributed by atoms with Gasteiger partial charge in [0, 0.05) is 59.3 Å². The van der Waals surface area contributed by atoms with Gasteiger partial charge in [-0.1, -0.05) is 37.1 Å². The highest BCUT2D eigenvalue weighted by Crippen LogP contribution is 2.38. The van der Waals surface area contributed by atoms with Crippen LogP contribution in [0.5, 0.6) is 0 Å². The average molecular weight is 1510 g/mol. The largest absolute Gasteiger partial charge is 0.490 e. The minimum absolute atomic E-state index is 0.0322. The maximum absolute atomic E-state index is 13.9. The number of hydrogen-bond donors (Lipinski definition) is 14. The number of nitrogens with one attached hydrogen (secondary N) is 5. The van der Waals surface area contributed by atoms with E-state index in [0.717, 1.165) is 71.6 Å². The molecule has 31 nitrogen and oxygen atoms in total. The van der Waals surface area contributed by atoms with Crippen molar-refractivity contribution in [3.63, 3.8) is 0 Å². The fourth-order valence-corrected chi connectivity index (χ4v) is 8.86. The summed E-state index contributed by atoms with van der Waals surface area (Å²) >= 11 is 0. The molecule has 5 rings (SSSR count). The van der Waals surface area contributed by atoms with E-state index in [4.69, 9.17) is 72.4 Å². The van der Waals surface area contributed by atoms with Crippen LogP contribution in [0, 0.1) is 5.92 Å². The number of hydrogen-bond acceptors (Lipinski definition) is 17. The minimum Gasteiger partial charge on any atom is -0.475 e. The highest BCUT2D eigenvalue weighted by Gasteiger charge is 2.41. The standard InChI is InChI=1S/C47H73N15O6.5C2HF3O2/c1-32(42(65)58-38(45(68)56-33(2)63)15-10-21-54-47(50)51)55-44(67)37(14-9-20-53-46(48)49)52-22-26-60-29-27-59(28-30-60)23-8-7-11-34-18-24-61(25-19-34)31-41(64)62-39-16-5-3-12-35(39)43(66)57-36-13-4-6-17-40(36)62;5*3-2(4,5)1(6)7/h3-6,12-13,16-17,32,34,37-38,52H,7-11,14-15,18-31H2,1-2H3,(H,55,67)(H,57,66)(H,58,65)(H4,48,49,53)(H4,50,51,54)(H,56,63,68);5*(H,6,7)/t32-,37-,38-;;;;;/m0...../s1. The van der Waals surface area contributed by atoms with Gasteiger partial charge in [-0.05, 0) is 102 Å². The highest BCUT2D eigenvalue weighted by molar-refractivity contribution is 6.18. The first-order chi connectivity index (χ1) is 47.4. The zero-order valence-corrected chi connectivity index (χ0v) is 54.7. The van der Waals surface area contributed by atoms with Gasteiger partial charge in [-0.3, -0.25) is 58.8 Å². The molecular weight excluding hydrogens is 1440 g/mol. The van der Waals surface area contributed by atoms with Gasteiger partial charge in [0.25, 0.3) is 5.91 Å². The zero-order valence-electron chi connectivity index (χ0n) is 54.7. The molecule has 2 saturated heterocycles. The van der Waals surface area contributed by atoms with E-state index < -0.39 is 96.6 Å². The fourth-order valence-electron chi connectivity index (χ4n) is 8.86. The Kier molecular flexibility index (Phi) is 40.2. The third-order valence-electron chi connectivity index (χ3n) is 13.8. The Balaban J connectivity index is 0.00000242. The van der Waals surface area contributed by atoms with Crippen LogP contribution < -0.4 is 54.4 Å². The number of unbranched alkanes of at least 4 members (excludes halogenated alkanes) is 1. The van der Waals surface area contributed by atoms with Gasteiger partial charge in [-0.15, -0.1) is 0 Å². The van der Waals surface area contributed by atoms with Gasteiger partial charge in [0.15, 0.2) is 11.9 Å². The lowest BCUT2D eigenvalue weighted by atomic mass is 9.91. The highest BCUT2D eigenvalue weighted by atomic mass is 19.4. The predicted octanol–water partition coefficient (Wildman–Crippen LogP) is 3.30. The van der Waals surface area contributed by atoms with Crippen LogP contribution in [0.25, 0.3) is 0 Å². The molecule has 103 heavy (non-hydrogen) atoms. The maximum atomic E-state index is 13.9. The van der Waals surface area contributed by atoms with E-state index in [9.17, 15) is 94.6 Å². The third-order valence-corrected chi connectivity index (χ3v) is 13.8. The number of carboxylic acids is 5. The van der Waals surface area contributed by atoms with E-state index in [1.807, 2.05) is 42.5 Å². The SMILES string of the molecule is CC(=O)NC(=O)[C@H](CCCN=C(N)N)NC(=O)[C@H](C)NC(=O)[C@H](CCCN=C(N)N)NCCN1CCN(CCCCC2CCN(CC(=O)N3c4ccccc4NC(=O)c4ccccc43)CC2)CC1.O=C(O)C(F)(F)F.O=C(O)C(F)(F)F.O=C(O)C(F)(F)F.O=C(O)C(F)(F)F.O=C(O)C(F)(F)F. The molecule has 2 fully saturated rings. The fraction of sp³-hybridized carbons (Fsp3) is 0.561. The average Bonchev–Trinajstić information content (AvgIpc) is 1.67. The molecule has 3 aliphatic heterocycles. The summed E-state index contributed by atoms with van der Waals surface area (Å²) in [5.41, 5.74) is 24.2. The summed E-state index contributed by atoms with van der Waals surface area (Å²) < 4.78 is 159. The molecule has 582 valence electrons. The molecule has 0 unspecified atom stereocenters. The van der Waals surface area contributed by atoms with Crippen molar-refractivity contribution in [2.24, 2.45) is 38.8 Å². The molecule has 3 heterocycles. The molecule has 6 amide bonds. The normalized spacial score (nSPS) is 15.0. The Morgan fingerprint density at radius 2 is 0.942 bits per heavy atom. The lowest BCUT2D eigenvalue weighted by molar-refractivity contribution is -0.193. The summed E-state index contributed by atoms with van der Waals surface area (Å²) in [6.45, 7) is 11.5. The number of aliphatic imine (C=N–C) groups is 2. The van der Waals surface area contributed by atoms with Gasteiger partial charge in [-0.25, -0.2) is 24.0 Å². The second-order valence-electron chi connectivity index (χ2n) is 21.9. The number of rotatable bonds is 24. The number of nitrogens with zero attached hydrogens (tertiary/aromatic N) is 6. The van der Waals surface area contributed by atoms with Gasteiger partial charge in [0.2, 0.25) is 29.5 Å². The number of carboxylic acid groups (broad SMARTS) is 5. The van der Waals surface area contributed by atoms with E-state index in [0.29, 0.717) is 67.4 Å². The van der Waals surface area contributed by atoms with E-state index >= 15 is 0 Å². The number of para-hydroxylation sites is 3. The Bertz CT molecular complexity index is 3030. The first kappa shape index (κ1) is 93.1. The minimum atomic E-state index is -5.08. The van der Waals surface area contributed by atoms with Gasteiger partial charge in [0.1, 0.15) is 12.1 Å². The lowest BCUT2D eigenvalue weighted by Crippen LogP contribution is -2.56. The third kappa shape index (κ3) is 39.8. The molecule has 2 aromatic carbocycles. The van der Waals surface area contributed by atoms with E-state index in [-0.39, 0.29) is 42.6 Å². The molecular formula is C57H78F15N15O16. The Morgan fingerprint density at radius 3 is 1.37 bits per heavy atom. The molecule has 0 aromatic heterocycles. The molecule has 3 atom stereocenters. The van der Waals surface area contributed by atoms with Crippen molar-refractivity contribution in [1.29, 1.82) is 0 Å². The number of carbonyl (C=O) groups excluding carboxylic acids is 6. The van der Waals surface area contributed by atoms with Crippen LogP contribution >= 0.6 is 0 Å². The number of aliphatic carboxylic acids is 5. The van der Waals surface area contributed by atoms with E-state index in [2.05, 4.69) is 51.3 Å². The van der Waals surface area contributed by atoms with E-state index in [1.165, 1.54) is 26.7 Å². The molecule has 3 aliphatic rings. The molecule has 2 aromatic rings. The smallest absolute Gasteiger partial charge is 0.475 e. The number of fused-ring (bicyclic) bond motifs is 2. The van der Waals surface area contributed by atoms with Crippen LogP contribution in [-0.4, -0.2) is 245 Å². The number of guanidine groups is 2. The number of piperazine rings is 1. The van der Waals surface area contributed by atoms with Crippen molar-refractivity contribution < 1.29 is 144 Å². The predicted molar refractivity (Wildman–Crippen MR) is 332 cm³/mol. The molecule has 0 saturated carbocycles. The zero-order chi connectivity index (χ0) is 79.4. The Labute approximate surface area is 575 Å². The molecule has 0 aliphatic carbocycles. The quantitative estimate of drug-likeness (QED) is 0.0310. The maximum Gasteiger partial charge on any atom is 0.490 e. The van der Waals surface area contributed by atoms with Crippen molar-refractivity contribution >= 4 is 94.3 Å². The number of anilines is 3. The molecule has 0 bridgehead atoms. The van der Waals surface area contributed by atoms with Crippen LogP contribution in [0.4, 0.5) is 82.9 Å². The van der Waals surface area contributed by atoms with Gasteiger partial charge in [-0.2, -0.15) is 65.9 Å². The van der Waals surface area contributed by atoms with Crippen molar-refractivity contribution in [1.82, 2.24) is 36.0 Å². The van der Waals surface area contributed by atoms with Crippen molar-refractivity contribution in [2.75, 3.05) is 88.8 Å². The number of likely N-dealkylation sites (tertiary alicyclic amines) is 1. The second-order valence-corrected chi connectivity index (χ2v) is 21.9. The number of nitrogens with two attached hydrogens (primary N) is 4. The first-order valence-electron chi connectivity index (χ1n) is 30.2. The van der Waals surface area contributed by atoms with Gasteiger partial charge in [0.05, 0.1) is 35.2 Å². The number of carbonyl (C=O) groups is 11. The monoisotopic (exact) mass is 1510 g/mol. The first-order valence-corrected chi connectivity index (χ1v) is 30.2. The van der Waals surface area contributed by atoms with Crippen molar-refractivity contribution in [2.45, 2.75) is 121 Å². The summed E-state index contributed by atoms with van der Waals surface area (Å²) in [6, 6.07) is 12.1. The molecule has 18 N–H and O–H groups in total. The van der Waals surface area contributed by atoms with Crippen LogP contribution in [0.3, 0.4) is 0 Å². The molecule has 46 heteroatoms. The summed E-state index contributed by atoms with van der Waals surface area (Å²) in [4.78, 5) is 139. The van der Waals surface area contributed by atoms with Crippen molar-refractivity contribution in [3.05, 3.63) is 54.1 Å². The number of imide groups is 1. The van der Waals surface area contributed by atoms with E-state index in [1.54, 1.807) is 11.0 Å². The van der Waals surface area contributed by atoms with Crippen LogP contribution in [0.1, 0.15) is 82.0 Å². The lowest BCUT2D eigenvalue weighted by Gasteiger charge is -2.35.